The number of carboxylic acid groups (broad SMARTS) is 1. The van der Waals surface area contributed by atoms with Gasteiger partial charge in [0, 0.05) is 45.7 Å². The molecule has 2 rings (SSSR count). The average Bonchev–Trinajstić information content (AvgIpc) is 2.99. The molecule has 1 fully saturated rings. The third kappa shape index (κ3) is 5.03. The van der Waals surface area contributed by atoms with Crippen molar-refractivity contribution in [2.45, 2.75) is 12.8 Å². The summed E-state index contributed by atoms with van der Waals surface area (Å²) in [6.07, 6.45) is 1.92. The van der Waals surface area contributed by atoms with Crippen molar-refractivity contribution in [3.05, 3.63) is 12.2 Å². The molecular weight excluding hydrogens is 278 g/mol. The Balaban J connectivity index is 1.62. The first-order chi connectivity index (χ1) is 10.1. The summed E-state index contributed by atoms with van der Waals surface area (Å²) in [4.78, 5) is 30.1. The van der Waals surface area contributed by atoms with Crippen molar-refractivity contribution < 1.29 is 19.2 Å². The number of rotatable bonds is 6. The maximum Gasteiger partial charge on any atom is 0.317 e. The Morgan fingerprint density at radius 1 is 1.33 bits per heavy atom. The molecule has 21 heavy (non-hydrogen) atoms. The maximum absolute atomic E-state index is 11.9. The van der Waals surface area contributed by atoms with Crippen LogP contribution in [0.3, 0.4) is 0 Å². The predicted molar refractivity (Wildman–Crippen MR) is 71.7 cm³/mol. The molecule has 9 heteroatoms. The molecular formula is C12H19N5O4. The zero-order valence-corrected chi connectivity index (χ0v) is 11.7. The molecule has 0 aromatic carbocycles. The average molecular weight is 297 g/mol. The third-order valence-electron chi connectivity index (χ3n) is 3.33. The molecule has 2 N–H and O–H groups in total. The van der Waals surface area contributed by atoms with Crippen LogP contribution in [0.5, 0.6) is 0 Å². The lowest BCUT2D eigenvalue weighted by molar-refractivity contribution is -0.137. The van der Waals surface area contributed by atoms with Crippen LogP contribution in [0.15, 0.2) is 10.9 Å². The van der Waals surface area contributed by atoms with Gasteiger partial charge in [0.1, 0.15) is 0 Å². The monoisotopic (exact) mass is 297 g/mol. The molecule has 0 spiro atoms. The second-order valence-corrected chi connectivity index (χ2v) is 4.80. The van der Waals surface area contributed by atoms with Crippen LogP contribution in [0.25, 0.3) is 0 Å². The Kier molecular flexibility index (Phi) is 5.50. The molecule has 0 unspecified atom stereocenters. The van der Waals surface area contributed by atoms with Gasteiger partial charge in [0.2, 0.25) is 6.39 Å². The summed E-state index contributed by atoms with van der Waals surface area (Å²) in [6.45, 7) is 3.60. The van der Waals surface area contributed by atoms with Gasteiger partial charge in [-0.1, -0.05) is 5.16 Å². The highest BCUT2D eigenvalue weighted by atomic mass is 16.5. The minimum atomic E-state index is -0.795. The number of nitrogens with zero attached hydrogens (tertiary/aromatic N) is 4. The molecule has 0 atom stereocenters. The molecule has 1 saturated heterocycles. The second-order valence-electron chi connectivity index (χ2n) is 4.80. The fraction of sp³-hybridized carbons (Fsp3) is 0.667. The Labute approximate surface area is 121 Å². The molecule has 1 aliphatic heterocycles. The maximum atomic E-state index is 11.9. The summed E-state index contributed by atoms with van der Waals surface area (Å²) in [5.41, 5.74) is 0. The Bertz CT molecular complexity index is 456. The van der Waals surface area contributed by atoms with Gasteiger partial charge in [-0.3, -0.25) is 9.69 Å². The lowest BCUT2D eigenvalue weighted by Gasteiger charge is -2.34. The first-order valence-electron chi connectivity index (χ1n) is 6.87. The minimum absolute atomic E-state index is 0.114. The quantitative estimate of drug-likeness (QED) is 0.722. The molecule has 0 aliphatic carbocycles. The molecule has 116 valence electrons. The summed E-state index contributed by atoms with van der Waals surface area (Å²) in [5.74, 6) is -0.231. The Morgan fingerprint density at radius 2 is 2.10 bits per heavy atom. The Hall–Kier alpha value is -2.16. The molecule has 1 aromatic heterocycles. The van der Waals surface area contributed by atoms with Gasteiger partial charge in [0.25, 0.3) is 0 Å². The van der Waals surface area contributed by atoms with E-state index in [4.69, 9.17) is 5.11 Å². The van der Waals surface area contributed by atoms with Crippen LogP contribution in [0.4, 0.5) is 4.79 Å². The van der Waals surface area contributed by atoms with Crippen molar-refractivity contribution in [2.24, 2.45) is 0 Å². The number of hydrogen-bond acceptors (Lipinski definition) is 6. The van der Waals surface area contributed by atoms with E-state index in [0.29, 0.717) is 51.5 Å². The van der Waals surface area contributed by atoms with Gasteiger partial charge in [0.05, 0.1) is 6.42 Å². The van der Waals surface area contributed by atoms with Crippen LogP contribution < -0.4 is 5.32 Å². The van der Waals surface area contributed by atoms with E-state index in [1.165, 1.54) is 6.39 Å². The van der Waals surface area contributed by atoms with E-state index < -0.39 is 5.97 Å². The molecule has 0 saturated carbocycles. The summed E-state index contributed by atoms with van der Waals surface area (Å²) in [7, 11) is 0. The van der Waals surface area contributed by atoms with Gasteiger partial charge in [-0.25, -0.2) is 4.79 Å². The topological polar surface area (TPSA) is 112 Å². The molecule has 1 aromatic rings. The molecule has 0 radical (unpaired) electrons. The summed E-state index contributed by atoms with van der Waals surface area (Å²) >= 11 is 0. The zero-order valence-electron chi connectivity index (χ0n) is 11.7. The van der Waals surface area contributed by atoms with E-state index in [1.807, 2.05) is 0 Å². The molecule has 9 nitrogen and oxygen atoms in total. The normalized spacial score (nSPS) is 15.9. The van der Waals surface area contributed by atoms with Crippen molar-refractivity contribution >= 4 is 12.0 Å². The van der Waals surface area contributed by atoms with Gasteiger partial charge in [0.15, 0.2) is 5.82 Å². The highest BCUT2D eigenvalue weighted by Crippen LogP contribution is 2.03. The zero-order chi connectivity index (χ0) is 15.1. The first-order valence-corrected chi connectivity index (χ1v) is 6.87. The van der Waals surface area contributed by atoms with Crippen molar-refractivity contribution in [1.82, 2.24) is 25.3 Å². The van der Waals surface area contributed by atoms with Crippen molar-refractivity contribution in [3.8, 4) is 0 Å². The number of hydrogen-bond donors (Lipinski definition) is 2. The van der Waals surface area contributed by atoms with Crippen LogP contribution in [0, 0.1) is 0 Å². The van der Waals surface area contributed by atoms with Gasteiger partial charge in [-0.15, -0.1) is 0 Å². The lowest BCUT2D eigenvalue weighted by atomic mass is 10.3. The highest BCUT2D eigenvalue weighted by Gasteiger charge is 2.20. The third-order valence-corrected chi connectivity index (χ3v) is 3.33. The smallest absolute Gasteiger partial charge is 0.317 e. The number of carboxylic acids is 1. The van der Waals surface area contributed by atoms with Crippen molar-refractivity contribution in [3.63, 3.8) is 0 Å². The van der Waals surface area contributed by atoms with E-state index >= 15 is 0 Å². The number of aliphatic carboxylic acids is 1. The summed E-state index contributed by atoms with van der Waals surface area (Å²) in [6, 6.07) is -0.114. The van der Waals surface area contributed by atoms with E-state index in [2.05, 4.69) is 24.9 Å². The second kappa shape index (κ2) is 7.58. The van der Waals surface area contributed by atoms with Crippen LogP contribution in [-0.2, 0) is 11.2 Å². The Morgan fingerprint density at radius 3 is 2.71 bits per heavy atom. The number of urea groups is 1. The number of amides is 2. The van der Waals surface area contributed by atoms with E-state index in [1.54, 1.807) is 4.90 Å². The van der Waals surface area contributed by atoms with E-state index in [0.717, 1.165) is 0 Å². The van der Waals surface area contributed by atoms with E-state index in [-0.39, 0.29) is 12.5 Å². The van der Waals surface area contributed by atoms with Crippen molar-refractivity contribution in [2.75, 3.05) is 39.3 Å². The van der Waals surface area contributed by atoms with E-state index in [9.17, 15) is 9.59 Å². The summed E-state index contributed by atoms with van der Waals surface area (Å²) < 4.78 is 4.61. The minimum Gasteiger partial charge on any atom is -0.481 e. The number of aromatic nitrogens is 2. The van der Waals surface area contributed by atoms with Crippen LogP contribution in [0.2, 0.25) is 0 Å². The standard InChI is InChI=1S/C12H19N5O4/c18-11(19)2-4-16-5-7-17(8-6-16)12(20)13-3-1-10-14-9-21-15-10/h9H,1-8H2,(H,13,20)(H,18,19). The highest BCUT2D eigenvalue weighted by molar-refractivity contribution is 5.74. The fourth-order valence-corrected chi connectivity index (χ4v) is 2.12. The number of carbonyl (C=O) groups is 2. The molecule has 2 heterocycles. The SMILES string of the molecule is O=C(O)CCN1CCN(C(=O)NCCc2ncon2)CC1. The van der Waals surface area contributed by atoms with Crippen LogP contribution in [-0.4, -0.2) is 76.3 Å². The fourth-order valence-electron chi connectivity index (χ4n) is 2.12. The van der Waals surface area contributed by atoms with Crippen molar-refractivity contribution in [1.29, 1.82) is 0 Å². The number of carbonyl (C=O) groups excluding carboxylic acids is 1. The van der Waals surface area contributed by atoms with Crippen LogP contribution >= 0.6 is 0 Å². The summed E-state index contributed by atoms with van der Waals surface area (Å²) in [5, 5.41) is 15.1. The molecule has 2 amide bonds. The number of nitrogens with one attached hydrogen (secondary N) is 1. The predicted octanol–water partition coefficient (Wildman–Crippen LogP) is -0.586. The molecule has 0 bridgehead atoms. The van der Waals surface area contributed by atoms with Gasteiger partial charge in [-0.05, 0) is 0 Å². The van der Waals surface area contributed by atoms with Gasteiger partial charge >= 0.3 is 12.0 Å². The van der Waals surface area contributed by atoms with Crippen LogP contribution in [0.1, 0.15) is 12.2 Å². The van der Waals surface area contributed by atoms with Gasteiger partial charge < -0.3 is 19.8 Å². The number of piperazine rings is 1. The molecule has 1 aliphatic rings. The lowest BCUT2D eigenvalue weighted by Crippen LogP contribution is -2.52. The largest absolute Gasteiger partial charge is 0.481 e. The van der Waals surface area contributed by atoms with Gasteiger partial charge in [-0.2, -0.15) is 4.98 Å². The first kappa shape index (κ1) is 15.2.